The third kappa shape index (κ3) is 3.92. The van der Waals surface area contributed by atoms with Crippen molar-refractivity contribution in [3.63, 3.8) is 0 Å². The van der Waals surface area contributed by atoms with Crippen molar-refractivity contribution in [2.45, 2.75) is 32.7 Å². The first-order chi connectivity index (χ1) is 14.0. The molecule has 1 spiro atoms. The molecule has 0 radical (unpaired) electrons. The van der Waals surface area contributed by atoms with Crippen LogP contribution in [-0.2, 0) is 13.0 Å². The fourth-order valence-corrected chi connectivity index (χ4v) is 4.52. The number of amidine groups is 1. The molecule has 152 valence electrons. The maximum Gasteiger partial charge on any atom is 0.253 e. The van der Waals surface area contributed by atoms with Gasteiger partial charge in [-0.3, -0.25) is 9.79 Å². The Labute approximate surface area is 173 Å². The fourth-order valence-electron chi connectivity index (χ4n) is 4.52. The third-order valence-electron chi connectivity index (χ3n) is 6.15. The number of hydrogen-bond donors (Lipinski definition) is 2. The van der Waals surface area contributed by atoms with Crippen molar-refractivity contribution in [2.24, 2.45) is 10.4 Å². The first-order valence-electron chi connectivity index (χ1n) is 10.4. The van der Waals surface area contributed by atoms with Crippen LogP contribution in [0.4, 0.5) is 5.69 Å². The lowest BCUT2D eigenvalue weighted by molar-refractivity contribution is 0.0826. The van der Waals surface area contributed by atoms with E-state index in [4.69, 9.17) is 4.99 Å². The van der Waals surface area contributed by atoms with Crippen LogP contribution in [0.25, 0.3) is 0 Å². The highest BCUT2D eigenvalue weighted by atomic mass is 16.2. The number of aliphatic imine (C=N–C) groups is 1. The van der Waals surface area contributed by atoms with Gasteiger partial charge in [-0.05, 0) is 62.5 Å². The zero-order valence-electron chi connectivity index (χ0n) is 17.6. The van der Waals surface area contributed by atoms with E-state index in [1.54, 1.807) is 4.90 Å². The van der Waals surface area contributed by atoms with Crippen LogP contribution in [0.5, 0.6) is 0 Å². The van der Waals surface area contributed by atoms with E-state index in [9.17, 15) is 4.79 Å². The van der Waals surface area contributed by atoms with Crippen molar-refractivity contribution in [1.29, 1.82) is 0 Å². The number of piperidine rings is 1. The average Bonchev–Trinajstić information content (AvgIpc) is 2.72. The summed E-state index contributed by atoms with van der Waals surface area (Å²) in [5, 5.41) is 7.11. The molecule has 0 bridgehead atoms. The normalized spacial score (nSPS) is 18.9. The maximum absolute atomic E-state index is 12.8. The van der Waals surface area contributed by atoms with Crippen LogP contribution in [0.1, 0.15) is 39.9 Å². The summed E-state index contributed by atoms with van der Waals surface area (Å²) in [5.74, 6) is 1.13. The lowest BCUT2D eigenvalue weighted by Crippen LogP contribution is -2.49. The molecule has 1 amide bonds. The summed E-state index contributed by atoms with van der Waals surface area (Å²) in [6.07, 6.45) is 2.91. The number of amides is 1. The molecule has 0 unspecified atom stereocenters. The standard InChI is InChI=1S/C24H30N4O/c1-17-6-4-7-18(14-17)16-26-23-24(10-12-25-13-11-24)15-20-19(22(29)28(2)3)8-5-9-21(20)27-23/h4-9,14,25H,10-13,15-16H2,1-3H3,(H,26,27). The van der Waals surface area contributed by atoms with Crippen molar-refractivity contribution < 1.29 is 4.79 Å². The molecular weight excluding hydrogens is 360 g/mol. The predicted molar refractivity (Wildman–Crippen MR) is 119 cm³/mol. The molecule has 2 aromatic carbocycles. The number of fused-ring (bicyclic) bond motifs is 1. The Kier molecular flexibility index (Phi) is 5.41. The monoisotopic (exact) mass is 390 g/mol. The van der Waals surface area contributed by atoms with Crippen molar-refractivity contribution in [1.82, 2.24) is 10.2 Å². The molecule has 29 heavy (non-hydrogen) atoms. The number of nitrogens with one attached hydrogen (secondary N) is 2. The largest absolute Gasteiger partial charge is 0.345 e. The summed E-state index contributed by atoms with van der Waals surface area (Å²) in [6, 6.07) is 14.5. The summed E-state index contributed by atoms with van der Waals surface area (Å²) in [7, 11) is 3.63. The highest BCUT2D eigenvalue weighted by Gasteiger charge is 2.42. The first kappa shape index (κ1) is 19.6. The van der Waals surface area contributed by atoms with E-state index in [0.29, 0.717) is 6.54 Å². The van der Waals surface area contributed by atoms with Crippen LogP contribution in [0, 0.1) is 12.3 Å². The Morgan fingerprint density at radius 1 is 1.14 bits per heavy atom. The van der Waals surface area contributed by atoms with Gasteiger partial charge in [-0.2, -0.15) is 0 Å². The number of carbonyl (C=O) groups is 1. The van der Waals surface area contributed by atoms with Gasteiger partial charge in [0.05, 0.1) is 6.54 Å². The molecule has 2 aromatic rings. The molecule has 1 saturated heterocycles. The molecule has 5 heteroatoms. The number of carbonyl (C=O) groups excluding carboxylic acids is 1. The number of hydrogen-bond acceptors (Lipinski definition) is 3. The zero-order chi connectivity index (χ0) is 20.4. The van der Waals surface area contributed by atoms with Crippen LogP contribution in [-0.4, -0.2) is 43.8 Å². The highest BCUT2D eigenvalue weighted by Crippen LogP contribution is 2.42. The minimum Gasteiger partial charge on any atom is -0.345 e. The van der Waals surface area contributed by atoms with Gasteiger partial charge in [0.2, 0.25) is 0 Å². The average molecular weight is 391 g/mol. The quantitative estimate of drug-likeness (QED) is 0.841. The van der Waals surface area contributed by atoms with Crippen molar-refractivity contribution in [2.75, 3.05) is 32.5 Å². The summed E-state index contributed by atoms with van der Waals surface area (Å²) >= 11 is 0. The second-order valence-corrected chi connectivity index (χ2v) is 8.52. The van der Waals surface area contributed by atoms with E-state index in [2.05, 4.69) is 47.9 Å². The minimum atomic E-state index is -0.0369. The van der Waals surface area contributed by atoms with E-state index in [1.165, 1.54) is 11.1 Å². The van der Waals surface area contributed by atoms with Crippen LogP contribution >= 0.6 is 0 Å². The topological polar surface area (TPSA) is 56.7 Å². The SMILES string of the molecule is Cc1cccc(CN=C2Nc3cccc(C(=O)N(C)C)c3CC23CCNCC3)c1. The van der Waals surface area contributed by atoms with Crippen molar-refractivity contribution >= 4 is 17.4 Å². The van der Waals surface area contributed by atoms with Gasteiger partial charge in [-0.1, -0.05) is 35.9 Å². The van der Waals surface area contributed by atoms with Crippen LogP contribution in [0.3, 0.4) is 0 Å². The summed E-state index contributed by atoms with van der Waals surface area (Å²) in [6.45, 7) is 4.74. The van der Waals surface area contributed by atoms with E-state index in [-0.39, 0.29) is 11.3 Å². The summed E-state index contributed by atoms with van der Waals surface area (Å²) < 4.78 is 0. The molecule has 0 saturated carbocycles. The second-order valence-electron chi connectivity index (χ2n) is 8.52. The molecule has 4 rings (SSSR count). The van der Waals surface area contributed by atoms with Gasteiger partial charge in [0.15, 0.2) is 0 Å². The van der Waals surface area contributed by atoms with E-state index in [0.717, 1.165) is 55.0 Å². The summed E-state index contributed by atoms with van der Waals surface area (Å²) in [5.41, 5.74) is 5.40. The zero-order valence-corrected chi connectivity index (χ0v) is 17.6. The number of benzene rings is 2. The van der Waals surface area contributed by atoms with Gasteiger partial charge < -0.3 is 15.5 Å². The first-order valence-corrected chi connectivity index (χ1v) is 10.4. The molecule has 5 nitrogen and oxygen atoms in total. The van der Waals surface area contributed by atoms with Gasteiger partial charge in [0, 0.05) is 30.8 Å². The maximum atomic E-state index is 12.8. The molecule has 2 aliphatic rings. The van der Waals surface area contributed by atoms with Gasteiger partial charge in [0.25, 0.3) is 5.91 Å². The molecule has 0 atom stereocenters. The number of rotatable bonds is 3. The molecule has 2 N–H and O–H groups in total. The third-order valence-corrected chi connectivity index (χ3v) is 6.15. The van der Waals surface area contributed by atoms with E-state index < -0.39 is 0 Å². The summed E-state index contributed by atoms with van der Waals surface area (Å²) in [4.78, 5) is 19.5. The molecule has 1 fully saturated rings. The van der Waals surface area contributed by atoms with Crippen LogP contribution < -0.4 is 10.6 Å². The Morgan fingerprint density at radius 2 is 1.90 bits per heavy atom. The highest BCUT2D eigenvalue weighted by molar-refractivity contribution is 6.05. The lowest BCUT2D eigenvalue weighted by atomic mass is 9.70. The molecule has 0 aliphatic carbocycles. The van der Waals surface area contributed by atoms with Gasteiger partial charge in [0.1, 0.15) is 5.84 Å². The molecule has 2 heterocycles. The Morgan fingerprint density at radius 3 is 2.62 bits per heavy atom. The van der Waals surface area contributed by atoms with Crippen LogP contribution in [0.15, 0.2) is 47.5 Å². The van der Waals surface area contributed by atoms with Crippen molar-refractivity contribution in [3.05, 3.63) is 64.7 Å². The smallest absolute Gasteiger partial charge is 0.253 e. The Bertz CT molecular complexity index is 942. The van der Waals surface area contributed by atoms with Crippen molar-refractivity contribution in [3.8, 4) is 0 Å². The van der Waals surface area contributed by atoms with Gasteiger partial charge in [-0.15, -0.1) is 0 Å². The van der Waals surface area contributed by atoms with Crippen LogP contribution in [0.2, 0.25) is 0 Å². The minimum absolute atomic E-state index is 0.0369. The van der Waals surface area contributed by atoms with E-state index >= 15 is 0 Å². The van der Waals surface area contributed by atoms with E-state index in [1.807, 2.05) is 26.2 Å². The number of nitrogens with zero attached hydrogens (tertiary/aromatic N) is 2. The molecular formula is C24H30N4O. The Hall–Kier alpha value is -2.66. The fraction of sp³-hybridized carbons (Fsp3) is 0.417. The molecule has 0 aromatic heterocycles. The van der Waals surface area contributed by atoms with Gasteiger partial charge in [-0.25, -0.2) is 0 Å². The lowest BCUT2D eigenvalue weighted by Gasteiger charge is -2.43. The number of anilines is 1. The second kappa shape index (κ2) is 7.99. The Balaban J connectivity index is 1.72. The van der Waals surface area contributed by atoms with Gasteiger partial charge >= 0.3 is 0 Å². The molecule has 2 aliphatic heterocycles. The predicted octanol–water partition coefficient (Wildman–Crippen LogP) is 3.63. The number of aryl methyl sites for hydroxylation is 1.